The third-order valence-electron chi connectivity index (χ3n) is 14.0. The molecule has 7 atom stereocenters. The van der Waals surface area contributed by atoms with Crippen molar-refractivity contribution in [2.24, 2.45) is 50.2 Å². The minimum absolute atomic E-state index is 0.0105. The summed E-state index contributed by atoms with van der Waals surface area (Å²) in [5.41, 5.74) is 0.0992. The Hall–Kier alpha value is -3.66. The number of aromatic nitrogens is 3. The van der Waals surface area contributed by atoms with E-state index >= 15 is 0 Å². The molecule has 0 N–H and O–H groups in total. The summed E-state index contributed by atoms with van der Waals surface area (Å²) in [7, 11) is 0. The summed E-state index contributed by atoms with van der Waals surface area (Å²) in [6.07, 6.45) is 14.7. The van der Waals surface area contributed by atoms with Crippen LogP contribution in [0.1, 0.15) is 98.2 Å². The average Bonchev–Trinajstić information content (AvgIpc) is 3.50. The van der Waals surface area contributed by atoms with Gasteiger partial charge in [0.25, 0.3) is 0 Å². The minimum Gasteiger partial charge on any atom is -0.307 e. The van der Waals surface area contributed by atoms with Crippen molar-refractivity contribution < 1.29 is 14.4 Å². The van der Waals surface area contributed by atoms with E-state index in [9.17, 15) is 14.4 Å². The Bertz CT molecular complexity index is 1770. The zero-order valence-electron chi connectivity index (χ0n) is 28.3. The number of rotatable bonds is 2. The number of carbonyl (C=O) groups excluding carboxylic acids is 3. The lowest BCUT2D eigenvalue weighted by atomic mass is 9.34. The molecular formula is C39H46N4O3. The zero-order valence-corrected chi connectivity index (χ0v) is 28.3. The number of carbonyl (C=O) groups is 3. The van der Waals surface area contributed by atoms with Crippen molar-refractivity contribution in [2.45, 2.75) is 93.4 Å². The largest absolute Gasteiger partial charge is 0.307 e. The van der Waals surface area contributed by atoms with Gasteiger partial charge in [0.2, 0.25) is 11.6 Å². The van der Waals surface area contributed by atoms with Gasteiger partial charge >= 0.3 is 0 Å². The van der Waals surface area contributed by atoms with Crippen LogP contribution in [0.5, 0.6) is 0 Å². The van der Waals surface area contributed by atoms with E-state index in [1.807, 2.05) is 50.4 Å². The molecule has 0 unspecified atom stereocenters. The Labute approximate surface area is 272 Å². The molecule has 0 aromatic carbocycles. The highest BCUT2D eigenvalue weighted by molar-refractivity contribution is 6.03. The molecule has 0 spiro atoms. The van der Waals surface area contributed by atoms with Crippen molar-refractivity contribution >= 4 is 17.5 Å². The molecule has 2 heterocycles. The summed E-state index contributed by atoms with van der Waals surface area (Å²) in [6, 6.07) is 5.67. The maximum atomic E-state index is 14.8. The quantitative estimate of drug-likeness (QED) is 0.317. The fourth-order valence-electron chi connectivity index (χ4n) is 11.3. The number of fused-ring (bicyclic) bond motifs is 7. The molecule has 0 aliphatic heterocycles. The molecule has 0 radical (unpaired) electrons. The smallest absolute Gasteiger partial charge is 0.238 e. The number of allylic oxidation sites excluding steroid dienone is 4. The van der Waals surface area contributed by atoms with Crippen molar-refractivity contribution in [2.75, 3.05) is 0 Å². The molecule has 0 bridgehead atoms. The Kier molecular flexibility index (Phi) is 6.52. The van der Waals surface area contributed by atoms with E-state index < -0.39 is 16.2 Å². The third-order valence-corrected chi connectivity index (χ3v) is 14.0. The van der Waals surface area contributed by atoms with Gasteiger partial charge in [0.1, 0.15) is 12.0 Å². The van der Waals surface area contributed by atoms with Gasteiger partial charge in [0, 0.05) is 29.1 Å². The Morgan fingerprint density at radius 2 is 1.70 bits per heavy atom. The molecule has 0 saturated heterocycles. The molecule has 3 fully saturated rings. The fraction of sp³-hybridized carbons (Fsp3) is 0.590. The molecular weight excluding hydrogens is 572 g/mol. The molecule has 7 heteroatoms. The summed E-state index contributed by atoms with van der Waals surface area (Å²) in [5, 5.41) is 0. The van der Waals surface area contributed by atoms with E-state index in [0.29, 0.717) is 5.69 Å². The lowest BCUT2D eigenvalue weighted by molar-refractivity contribution is -0.164. The molecule has 2 aromatic heterocycles. The topological polar surface area (TPSA) is 86.3 Å². The van der Waals surface area contributed by atoms with Gasteiger partial charge < -0.3 is 4.79 Å². The molecule has 5 aliphatic rings. The van der Waals surface area contributed by atoms with Crippen LogP contribution in [-0.2, 0) is 9.59 Å². The first-order valence-electron chi connectivity index (χ1n) is 17.0. The number of hydrogen-bond donors (Lipinski definition) is 0. The van der Waals surface area contributed by atoms with Crippen molar-refractivity contribution in [1.29, 1.82) is 0 Å². The highest BCUT2D eigenvalue weighted by Crippen LogP contribution is 2.74. The van der Waals surface area contributed by atoms with Crippen LogP contribution in [-0.4, -0.2) is 32.0 Å². The number of hydrogen-bond acceptors (Lipinski definition) is 5. The second kappa shape index (κ2) is 9.69. The number of ketones is 2. The van der Waals surface area contributed by atoms with Gasteiger partial charge in [-0.05, 0) is 91.2 Å². The molecule has 0 amide bonds. The van der Waals surface area contributed by atoms with Crippen molar-refractivity contribution in [3.8, 4) is 11.4 Å². The van der Waals surface area contributed by atoms with Crippen molar-refractivity contribution in [3.63, 3.8) is 0 Å². The lowest BCUT2D eigenvalue weighted by Crippen LogP contribution is -2.66. The molecule has 5 aliphatic carbocycles. The maximum absolute atomic E-state index is 14.8. The van der Waals surface area contributed by atoms with Gasteiger partial charge in [-0.2, -0.15) is 0 Å². The van der Waals surface area contributed by atoms with E-state index in [2.05, 4.69) is 49.4 Å². The molecule has 46 heavy (non-hydrogen) atoms. The number of imidazole rings is 1. The van der Waals surface area contributed by atoms with Crippen LogP contribution in [0.4, 0.5) is 0 Å². The summed E-state index contributed by atoms with van der Waals surface area (Å²) >= 11 is 0. The van der Waals surface area contributed by atoms with E-state index in [1.165, 1.54) is 0 Å². The van der Waals surface area contributed by atoms with Gasteiger partial charge in [-0.1, -0.05) is 66.2 Å². The molecule has 7 rings (SSSR count). The minimum atomic E-state index is -0.688. The summed E-state index contributed by atoms with van der Waals surface area (Å²) < 4.78 is 1.67. The van der Waals surface area contributed by atoms with E-state index in [1.54, 1.807) is 17.1 Å². The van der Waals surface area contributed by atoms with Crippen molar-refractivity contribution in [1.82, 2.24) is 14.5 Å². The van der Waals surface area contributed by atoms with Gasteiger partial charge in [-0.25, -0.2) is 9.83 Å². The summed E-state index contributed by atoms with van der Waals surface area (Å²) in [4.78, 5) is 55.7. The highest BCUT2D eigenvalue weighted by atomic mass is 16.2. The molecule has 240 valence electrons. The van der Waals surface area contributed by atoms with Crippen LogP contribution >= 0.6 is 0 Å². The van der Waals surface area contributed by atoms with E-state index in [4.69, 9.17) is 6.57 Å². The normalized spacial score (nSPS) is 39.0. The molecule has 2 aromatic rings. The first-order chi connectivity index (χ1) is 21.5. The van der Waals surface area contributed by atoms with Gasteiger partial charge in [0.05, 0.1) is 17.7 Å². The summed E-state index contributed by atoms with van der Waals surface area (Å²) in [5.74, 6) is -0.308. The molecule has 3 saturated carbocycles. The van der Waals surface area contributed by atoms with Gasteiger partial charge in [0.15, 0.2) is 11.6 Å². The predicted molar refractivity (Wildman–Crippen MR) is 176 cm³/mol. The van der Waals surface area contributed by atoms with Gasteiger partial charge in [-0.15, -0.1) is 0 Å². The van der Waals surface area contributed by atoms with Crippen LogP contribution in [0.25, 0.3) is 16.2 Å². The maximum Gasteiger partial charge on any atom is 0.238 e. The first-order valence-corrected chi connectivity index (χ1v) is 17.0. The van der Waals surface area contributed by atoms with Crippen LogP contribution in [0.3, 0.4) is 0 Å². The molecule has 7 nitrogen and oxygen atoms in total. The number of pyridine rings is 1. The highest BCUT2D eigenvalue weighted by Gasteiger charge is 2.70. The average molecular weight is 619 g/mol. The summed E-state index contributed by atoms with van der Waals surface area (Å²) in [6.45, 7) is 23.2. The van der Waals surface area contributed by atoms with E-state index in [0.717, 1.165) is 56.2 Å². The Morgan fingerprint density at radius 3 is 2.39 bits per heavy atom. The Balaban J connectivity index is 1.34. The second-order valence-electron chi connectivity index (χ2n) is 17.1. The van der Waals surface area contributed by atoms with Crippen LogP contribution in [0, 0.1) is 56.8 Å². The number of Topliss-reactive ketones (excluding diaryl/α,β-unsaturated/α-hetero) is 1. The fourth-order valence-corrected chi connectivity index (χ4v) is 11.3. The monoisotopic (exact) mass is 618 g/mol. The zero-order chi connectivity index (χ0) is 33.1. The van der Waals surface area contributed by atoms with E-state index in [-0.39, 0.29) is 57.2 Å². The lowest BCUT2D eigenvalue weighted by Gasteiger charge is -2.69. The second-order valence-corrected chi connectivity index (χ2v) is 17.1. The SMILES string of the molecule is [C-]#[N+]C1=C[C@]2(C)C3=CC(=O)[C@@H]4[C@@H]5CC(C)(C)CC[C@]5(C(=O)n5cnc(-c6ccccn6)c5)CC[C@@]4(C)[C@]3(C)CC[C@H]2C(C)(C)C1=O. The standard InChI is InChI=1S/C39H46N4O3/c1-34(2)14-16-39(33(46)43-22-27(42-23-43)25-11-9-10-18-41-25)17-15-38(7)31(24(39)20-34)28(44)19-30-36(5)21-26(40-8)32(45)35(3,4)29(36)12-13-37(30,38)6/h9-11,18-19,21-24,29,31H,12-17,20H2,1-7H3/t24-,29-,31-,36-,37+,38+,39-/m0/s1. The third kappa shape index (κ3) is 3.91. The predicted octanol–water partition coefficient (Wildman–Crippen LogP) is 8.16. The van der Waals surface area contributed by atoms with Gasteiger partial charge in [-0.3, -0.25) is 19.1 Å². The number of nitrogens with zero attached hydrogens (tertiary/aromatic N) is 4. The first kappa shape index (κ1) is 31.0. The van der Waals surface area contributed by atoms with Crippen LogP contribution in [0.15, 0.2) is 60.3 Å². The van der Waals surface area contributed by atoms with Crippen LogP contribution in [0.2, 0.25) is 0 Å². The van der Waals surface area contributed by atoms with Crippen LogP contribution < -0.4 is 0 Å². The Morgan fingerprint density at radius 1 is 0.957 bits per heavy atom. The van der Waals surface area contributed by atoms with Crippen molar-refractivity contribution in [3.05, 3.63) is 71.8 Å².